The average molecular weight is 564 g/mol. The van der Waals surface area contributed by atoms with E-state index in [0.717, 1.165) is 12.3 Å². The molecule has 3 heterocycles. The Hall–Kier alpha value is -1.38. The third-order valence-corrected chi connectivity index (χ3v) is 7.67. The van der Waals surface area contributed by atoms with Gasteiger partial charge in [0.1, 0.15) is 42.7 Å². The van der Waals surface area contributed by atoms with E-state index in [1.807, 2.05) is 4.98 Å². The van der Waals surface area contributed by atoms with Crippen LogP contribution in [0.3, 0.4) is 0 Å². The topological polar surface area (TPSA) is 303 Å². The van der Waals surface area contributed by atoms with Gasteiger partial charge in [-0.05, 0) is 0 Å². The lowest BCUT2D eigenvalue weighted by atomic mass is 10.00. The zero-order valence-electron chi connectivity index (χ0n) is 17.8. The molecule has 2 aliphatic rings. The molecule has 7 N–H and O–H groups in total. The van der Waals surface area contributed by atoms with E-state index >= 15 is 0 Å². The van der Waals surface area contributed by atoms with Gasteiger partial charge >= 0.3 is 13.5 Å². The van der Waals surface area contributed by atoms with Crippen molar-refractivity contribution in [3.05, 3.63) is 33.1 Å². The molecule has 0 amide bonds. The third-order valence-electron chi connectivity index (χ3n) is 5.14. The molecule has 1 aromatic heterocycles. The molecule has 1 aromatic rings. The number of aromatic amines is 1. The number of hydrogen-bond donors (Lipinski definition) is 7. The van der Waals surface area contributed by atoms with E-state index in [9.17, 15) is 59.1 Å². The first-order valence-corrected chi connectivity index (χ1v) is 12.9. The molecule has 10 atom stereocenters. The second-order valence-electron chi connectivity index (χ2n) is 7.64. The number of aromatic nitrogens is 2. The fourth-order valence-corrected chi connectivity index (χ4v) is 5.51. The largest absolute Gasteiger partial charge is 0.789 e. The number of nitrogens with one attached hydrogen (secondary N) is 1. The van der Waals surface area contributed by atoms with E-state index in [-0.39, 0.29) is 0 Å². The van der Waals surface area contributed by atoms with Gasteiger partial charge in [0, 0.05) is 12.3 Å². The normalized spacial score (nSPS) is 37.1. The highest BCUT2D eigenvalue weighted by Crippen LogP contribution is 2.59. The molecule has 0 aromatic carbocycles. The number of aliphatic hydroxyl groups excluding tert-OH is 6. The fourth-order valence-electron chi connectivity index (χ4n) is 3.37. The summed E-state index contributed by atoms with van der Waals surface area (Å²) >= 11 is 0. The number of ether oxygens (including phenoxy) is 2. The molecular weight excluding hydrogens is 542 g/mol. The highest BCUT2D eigenvalue weighted by molar-refractivity contribution is 7.60. The van der Waals surface area contributed by atoms with Crippen LogP contribution in [0.5, 0.6) is 0 Å². The van der Waals surface area contributed by atoms with Crippen LogP contribution in [0.15, 0.2) is 21.9 Å². The summed E-state index contributed by atoms with van der Waals surface area (Å²) in [5.74, 6) is 0. The molecule has 2 fully saturated rings. The highest BCUT2D eigenvalue weighted by atomic mass is 31.3. The monoisotopic (exact) mass is 564 g/mol. The number of nitrogens with zero attached hydrogens (tertiary/aromatic N) is 1. The van der Waals surface area contributed by atoms with Gasteiger partial charge in [-0.2, -0.15) is 0 Å². The van der Waals surface area contributed by atoms with Crippen LogP contribution in [0.4, 0.5) is 0 Å². The lowest BCUT2D eigenvalue weighted by Gasteiger charge is -2.41. The standard InChI is InChI=1S/C15H24N2O17P2/c18-3-5-8(20)10(22)12(24)14(32-5)33-36(29,34-35(26,27)28)30-4-6-9(21)11(23)13(31-6)17-2-1-7(19)16-15(17)25/h1-2,5-6,8-14,18,20-24H,3-4H2,(H,16,19,25)(H2,26,27,28)/p-2/t5-,6-,8+,9-,10+,11-,12-,13-,14?,36?/m1/s1. The number of H-pyrrole nitrogens is 1. The van der Waals surface area contributed by atoms with Crippen LogP contribution in [0.1, 0.15) is 6.23 Å². The van der Waals surface area contributed by atoms with Crippen molar-refractivity contribution in [2.24, 2.45) is 0 Å². The molecule has 0 bridgehead atoms. The first-order valence-electron chi connectivity index (χ1n) is 9.96. The Bertz CT molecular complexity index is 1120. The molecule has 0 saturated carbocycles. The zero-order chi connectivity index (χ0) is 27.0. The van der Waals surface area contributed by atoms with Crippen molar-refractivity contribution in [3.63, 3.8) is 0 Å². The van der Waals surface area contributed by atoms with E-state index in [1.54, 1.807) is 0 Å². The van der Waals surface area contributed by atoms with Crippen LogP contribution < -0.4 is 21.0 Å². The lowest BCUT2D eigenvalue weighted by Crippen LogP contribution is -2.59. The summed E-state index contributed by atoms with van der Waals surface area (Å²) in [6.45, 7) is -2.05. The summed E-state index contributed by atoms with van der Waals surface area (Å²) in [6, 6.07) is 0.907. The summed E-state index contributed by atoms with van der Waals surface area (Å²) in [5.41, 5.74) is -1.80. The number of phosphoric ester groups is 1. The predicted octanol–water partition coefficient (Wildman–Crippen LogP) is -6.06. The van der Waals surface area contributed by atoms with Crippen molar-refractivity contribution < 1.29 is 72.4 Å². The van der Waals surface area contributed by atoms with Crippen LogP contribution in [0.2, 0.25) is 0 Å². The second kappa shape index (κ2) is 11.2. The molecule has 36 heavy (non-hydrogen) atoms. The van der Waals surface area contributed by atoms with Crippen molar-refractivity contribution >= 4 is 15.6 Å². The van der Waals surface area contributed by atoms with Crippen LogP contribution in [0.25, 0.3) is 0 Å². The molecule has 0 radical (unpaired) electrons. The Balaban J connectivity index is 1.77. The van der Waals surface area contributed by atoms with Crippen molar-refractivity contribution in [1.29, 1.82) is 0 Å². The van der Waals surface area contributed by atoms with E-state index in [1.165, 1.54) is 0 Å². The molecule has 2 unspecified atom stereocenters. The maximum Gasteiger partial charge on any atom is 0.481 e. The van der Waals surface area contributed by atoms with Crippen molar-refractivity contribution in [2.45, 2.75) is 55.2 Å². The van der Waals surface area contributed by atoms with Gasteiger partial charge in [-0.1, -0.05) is 0 Å². The Morgan fingerprint density at radius 3 is 2.19 bits per heavy atom. The maximum absolute atomic E-state index is 12.9. The summed E-state index contributed by atoms with van der Waals surface area (Å²) in [4.78, 5) is 47.3. The summed E-state index contributed by atoms with van der Waals surface area (Å²) < 4.78 is 48.1. The fraction of sp³-hybridized carbons (Fsp3) is 0.733. The molecule has 206 valence electrons. The van der Waals surface area contributed by atoms with Crippen molar-refractivity contribution in [1.82, 2.24) is 9.55 Å². The number of phosphoric acid groups is 2. The van der Waals surface area contributed by atoms with Gasteiger partial charge in [-0.25, -0.2) is 9.36 Å². The Morgan fingerprint density at radius 2 is 1.61 bits per heavy atom. The molecule has 19 nitrogen and oxygen atoms in total. The minimum atomic E-state index is -6.13. The van der Waals surface area contributed by atoms with Crippen LogP contribution in [0, 0.1) is 0 Å². The quantitative estimate of drug-likeness (QED) is 0.137. The molecule has 0 spiro atoms. The van der Waals surface area contributed by atoms with Gasteiger partial charge in [0.2, 0.25) is 0 Å². The predicted molar refractivity (Wildman–Crippen MR) is 104 cm³/mol. The smallest absolute Gasteiger partial charge is 0.481 e. The molecule has 2 aliphatic heterocycles. The van der Waals surface area contributed by atoms with Gasteiger partial charge in [0.25, 0.3) is 5.56 Å². The lowest BCUT2D eigenvalue weighted by molar-refractivity contribution is -0.336. The van der Waals surface area contributed by atoms with Crippen LogP contribution >= 0.6 is 15.6 Å². The number of rotatable bonds is 9. The SMILES string of the molecule is O=c1ccn([C@@H]2O[C@H](COP(=O)(OC3O[C@H](CO)[C@H](O)[C@H](O)[C@H]3O)OP(=O)([O-])[O-])[C@@H](O)[C@H]2O)c(=O)[nH]1. The first-order chi connectivity index (χ1) is 16.7. The van der Waals surface area contributed by atoms with Crippen molar-refractivity contribution in [3.8, 4) is 0 Å². The maximum atomic E-state index is 12.9. The summed E-state index contributed by atoms with van der Waals surface area (Å²) in [6.07, 6.45) is -16.0. The highest BCUT2D eigenvalue weighted by Gasteiger charge is 2.49. The van der Waals surface area contributed by atoms with Gasteiger partial charge in [0.15, 0.2) is 12.5 Å². The van der Waals surface area contributed by atoms with E-state index in [4.69, 9.17) is 14.0 Å². The Kier molecular flexibility index (Phi) is 9.05. The van der Waals surface area contributed by atoms with Crippen LogP contribution in [-0.2, 0) is 32.0 Å². The van der Waals surface area contributed by atoms with Gasteiger partial charge in [0.05, 0.1) is 21.0 Å². The minimum absolute atomic E-state index is 0.694. The summed E-state index contributed by atoms with van der Waals surface area (Å²) in [7, 11) is -11.7. The average Bonchev–Trinajstić information content (AvgIpc) is 3.05. The van der Waals surface area contributed by atoms with E-state index in [0.29, 0.717) is 4.57 Å². The summed E-state index contributed by atoms with van der Waals surface area (Å²) in [5, 5.41) is 59.2. The number of aliphatic hydroxyl groups is 6. The van der Waals surface area contributed by atoms with E-state index < -0.39 is 95.4 Å². The van der Waals surface area contributed by atoms with Gasteiger partial charge in [-0.3, -0.25) is 27.7 Å². The third kappa shape index (κ3) is 6.54. The van der Waals surface area contributed by atoms with E-state index in [2.05, 4.69) is 8.83 Å². The zero-order valence-corrected chi connectivity index (χ0v) is 19.6. The Labute approximate surface area is 199 Å². The molecule has 2 saturated heterocycles. The molecule has 3 rings (SSSR count). The van der Waals surface area contributed by atoms with Gasteiger partial charge < -0.3 is 54.5 Å². The molecular formula is C15H22N2O17P2-2. The van der Waals surface area contributed by atoms with Crippen molar-refractivity contribution in [2.75, 3.05) is 13.2 Å². The van der Waals surface area contributed by atoms with Crippen LogP contribution in [-0.4, -0.2) is 102 Å². The number of hydrogen-bond acceptors (Lipinski definition) is 17. The van der Waals surface area contributed by atoms with Gasteiger partial charge in [-0.15, -0.1) is 0 Å². The minimum Gasteiger partial charge on any atom is -0.789 e. The Morgan fingerprint density at radius 1 is 0.972 bits per heavy atom. The molecule has 21 heteroatoms. The first kappa shape index (κ1) is 29.2. The molecule has 0 aliphatic carbocycles. The second-order valence-corrected chi connectivity index (χ2v) is 10.5.